The van der Waals surface area contributed by atoms with Gasteiger partial charge in [0.1, 0.15) is 0 Å². The minimum atomic E-state index is -0.406. The van der Waals surface area contributed by atoms with Crippen molar-refractivity contribution >= 4 is 11.8 Å². The number of carbonyl (C=O) groups excluding carboxylic acids is 2. The van der Waals surface area contributed by atoms with Gasteiger partial charge in [-0.1, -0.05) is 12.7 Å². The summed E-state index contributed by atoms with van der Waals surface area (Å²) >= 11 is 0. The van der Waals surface area contributed by atoms with Crippen molar-refractivity contribution in [3.8, 4) is 0 Å². The Balaban J connectivity index is 2.54. The first-order valence-electron chi connectivity index (χ1n) is 5.22. The molecule has 0 amide bonds. The average Bonchev–Trinajstić information content (AvgIpc) is 2.21. The molecule has 15 heavy (non-hydrogen) atoms. The first-order chi connectivity index (χ1) is 7.15. The predicted molar refractivity (Wildman–Crippen MR) is 57.3 cm³/mol. The van der Waals surface area contributed by atoms with Crippen molar-refractivity contribution < 1.29 is 14.3 Å². The van der Waals surface area contributed by atoms with Crippen LogP contribution in [0.3, 0.4) is 0 Å². The van der Waals surface area contributed by atoms with E-state index >= 15 is 0 Å². The summed E-state index contributed by atoms with van der Waals surface area (Å²) in [5.74, 6) is -0.275. The molecule has 0 radical (unpaired) electrons. The molecule has 0 saturated heterocycles. The van der Waals surface area contributed by atoms with E-state index in [0.29, 0.717) is 30.6 Å². The summed E-state index contributed by atoms with van der Waals surface area (Å²) in [6, 6.07) is 0. The van der Waals surface area contributed by atoms with Crippen LogP contribution >= 0.6 is 0 Å². The van der Waals surface area contributed by atoms with Gasteiger partial charge in [0.15, 0.2) is 5.78 Å². The van der Waals surface area contributed by atoms with Crippen molar-refractivity contribution in [1.29, 1.82) is 0 Å². The molecule has 0 spiro atoms. The summed E-state index contributed by atoms with van der Waals surface area (Å²) in [5, 5.41) is 0. The second kappa shape index (κ2) is 5.49. The fraction of sp³-hybridized carbons (Fsp3) is 0.500. The number of rotatable bonds is 4. The van der Waals surface area contributed by atoms with E-state index in [1.165, 1.54) is 0 Å². The second-order valence-corrected chi connectivity index (χ2v) is 3.55. The molecule has 3 heteroatoms. The van der Waals surface area contributed by atoms with E-state index in [4.69, 9.17) is 4.74 Å². The van der Waals surface area contributed by atoms with Gasteiger partial charge in [-0.3, -0.25) is 4.79 Å². The Bertz CT molecular complexity index is 313. The van der Waals surface area contributed by atoms with E-state index in [1.807, 2.05) is 6.08 Å². The van der Waals surface area contributed by atoms with Crippen molar-refractivity contribution in [3.63, 3.8) is 0 Å². The molecule has 0 atom stereocenters. The van der Waals surface area contributed by atoms with E-state index in [9.17, 15) is 9.59 Å². The highest BCUT2D eigenvalue weighted by Gasteiger charge is 2.17. The zero-order valence-electron chi connectivity index (χ0n) is 9.04. The molecule has 0 aromatic rings. The van der Waals surface area contributed by atoms with Gasteiger partial charge in [0, 0.05) is 18.4 Å². The largest absolute Gasteiger partial charge is 0.463 e. The van der Waals surface area contributed by atoms with Crippen LogP contribution in [0.5, 0.6) is 0 Å². The third-order valence-electron chi connectivity index (χ3n) is 2.32. The van der Waals surface area contributed by atoms with Gasteiger partial charge in [-0.25, -0.2) is 4.79 Å². The highest BCUT2D eigenvalue weighted by Crippen LogP contribution is 2.20. The molecule has 3 nitrogen and oxygen atoms in total. The van der Waals surface area contributed by atoms with Gasteiger partial charge in [0.2, 0.25) is 0 Å². The number of ether oxygens (including phenoxy) is 1. The zero-order valence-corrected chi connectivity index (χ0v) is 9.04. The van der Waals surface area contributed by atoms with Gasteiger partial charge in [0.05, 0.1) is 6.61 Å². The zero-order chi connectivity index (χ0) is 11.3. The maximum absolute atomic E-state index is 11.4. The van der Waals surface area contributed by atoms with Gasteiger partial charge < -0.3 is 4.74 Å². The Morgan fingerprint density at radius 3 is 2.93 bits per heavy atom. The smallest absolute Gasteiger partial charge is 0.333 e. The lowest BCUT2D eigenvalue weighted by Crippen LogP contribution is -2.12. The lowest BCUT2D eigenvalue weighted by molar-refractivity contribution is -0.138. The molecule has 0 heterocycles. The van der Waals surface area contributed by atoms with Crippen LogP contribution in [0.15, 0.2) is 23.8 Å². The lowest BCUT2D eigenvalue weighted by Gasteiger charge is -2.12. The molecule has 0 unspecified atom stereocenters. The summed E-state index contributed by atoms with van der Waals surface area (Å²) in [5.41, 5.74) is 1.07. The van der Waals surface area contributed by atoms with Crippen LogP contribution in [0.4, 0.5) is 0 Å². The Kier molecular flexibility index (Phi) is 4.28. The number of Topliss-reactive ketones (excluding diaryl/α,β-unsaturated/α-hetero) is 1. The molecule has 0 aromatic heterocycles. The van der Waals surface area contributed by atoms with Crippen LogP contribution in [0.1, 0.15) is 32.6 Å². The van der Waals surface area contributed by atoms with E-state index in [1.54, 1.807) is 6.92 Å². The predicted octanol–water partition coefficient (Wildman–Crippen LogP) is 2.18. The van der Waals surface area contributed by atoms with Gasteiger partial charge >= 0.3 is 5.97 Å². The lowest BCUT2D eigenvalue weighted by atomic mass is 9.93. The summed E-state index contributed by atoms with van der Waals surface area (Å²) in [6.45, 7) is 5.72. The van der Waals surface area contributed by atoms with Crippen LogP contribution in [-0.4, -0.2) is 18.4 Å². The highest BCUT2D eigenvalue weighted by atomic mass is 16.5. The molecule has 0 fully saturated rings. The molecule has 1 aliphatic carbocycles. The molecule has 82 valence electrons. The molecular weight excluding hydrogens is 192 g/mol. The maximum atomic E-state index is 11.4. The first-order valence-corrected chi connectivity index (χ1v) is 5.22. The van der Waals surface area contributed by atoms with Crippen LogP contribution in [-0.2, 0) is 14.3 Å². The SMILES string of the molecule is C=C(CC1=CCCCC1=O)C(=O)OCC. The van der Waals surface area contributed by atoms with Crippen LogP contribution in [0, 0.1) is 0 Å². The molecule has 0 aliphatic heterocycles. The third-order valence-corrected chi connectivity index (χ3v) is 2.32. The maximum Gasteiger partial charge on any atom is 0.333 e. The summed E-state index contributed by atoms with van der Waals surface area (Å²) in [4.78, 5) is 22.7. The van der Waals surface area contributed by atoms with E-state index < -0.39 is 5.97 Å². The topological polar surface area (TPSA) is 43.4 Å². The Morgan fingerprint density at radius 1 is 1.60 bits per heavy atom. The molecule has 0 aromatic carbocycles. The first kappa shape index (κ1) is 11.7. The molecular formula is C12H16O3. The van der Waals surface area contributed by atoms with Crippen molar-refractivity contribution in [3.05, 3.63) is 23.8 Å². The number of hydrogen-bond donors (Lipinski definition) is 0. The van der Waals surface area contributed by atoms with Crippen molar-refractivity contribution in [1.82, 2.24) is 0 Å². The highest BCUT2D eigenvalue weighted by molar-refractivity contribution is 5.99. The van der Waals surface area contributed by atoms with Gasteiger partial charge in [-0.2, -0.15) is 0 Å². The fourth-order valence-electron chi connectivity index (χ4n) is 1.52. The Morgan fingerprint density at radius 2 is 2.33 bits per heavy atom. The molecule has 0 bridgehead atoms. The minimum absolute atomic E-state index is 0.131. The van der Waals surface area contributed by atoms with Crippen molar-refractivity contribution in [2.24, 2.45) is 0 Å². The van der Waals surface area contributed by atoms with E-state index in [-0.39, 0.29) is 5.78 Å². The van der Waals surface area contributed by atoms with Crippen molar-refractivity contribution in [2.45, 2.75) is 32.6 Å². The van der Waals surface area contributed by atoms with Gasteiger partial charge in [0.25, 0.3) is 0 Å². The molecule has 0 N–H and O–H groups in total. The van der Waals surface area contributed by atoms with Crippen LogP contribution in [0.2, 0.25) is 0 Å². The summed E-state index contributed by atoms with van der Waals surface area (Å²) in [7, 11) is 0. The third kappa shape index (κ3) is 3.35. The Labute approximate surface area is 89.8 Å². The number of esters is 1. The van der Waals surface area contributed by atoms with E-state index in [0.717, 1.165) is 12.8 Å². The summed E-state index contributed by atoms with van der Waals surface area (Å²) in [6.07, 6.45) is 4.64. The van der Waals surface area contributed by atoms with Crippen molar-refractivity contribution in [2.75, 3.05) is 6.61 Å². The van der Waals surface area contributed by atoms with E-state index in [2.05, 4.69) is 6.58 Å². The average molecular weight is 208 g/mol. The number of ketones is 1. The molecule has 1 rings (SSSR count). The number of hydrogen-bond acceptors (Lipinski definition) is 3. The monoisotopic (exact) mass is 208 g/mol. The van der Waals surface area contributed by atoms with Gasteiger partial charge in [-0.15, -0.1) is 0 Å². The normalized spacial score (nSPS) is 15.8. The Hall–Kier alpha value is -1.38. The summed E-state index contributed by atoms with van der Waals surface area (Å²) < 4.78 is 4.80. The van der Waals surface area contributed by atoms with Crippen LogP contribution in [0.25, 0.3) is 0 Å². The fourth-order valence-corrected chi connectivity index (χ4v) is 1.52. The standard InChI is InChI=1S/C12H16O3/c1-3-15-12(14)9(2)8-10-6-4-5-7-11(10)13/h6H,2-5,7-8H2,1H3. The second-order valence-electron chi connectivity index (χ2n) is 3.55. The van der Waals surface area contributed by atoms with Gasteiger partial charge in [-0.05, 0) is 25.3 Å². The number of allylic oxidation sites excluding steroid dienone is 2. The van der Waals surface area contributed by atoms with Crippen LogP contribution < -0.4 is 0 Å². The molecule has 0 saturated carbocycles. The quantitative estimate of drug-likeness (QED) is 0.525. The number of carbonyl (C=O) groups is 2. The molecule has 1 aliphatic rings. The minimum Gasteiger partial charge on any atom is -0.463 e.